The quantitative estimate of drug-likeness (QED) is 0.652. The fraction of sp³-hybridized carbons (Fsp3) is 0.235. The molecule has 6 heteroatoms. The smallest absolute Gasteiger partial charge is 0.210 e. The molecule has 0 atom stereocenters. The zero-order chi connectivity index (χ0) is 16.2. The van der Waals surface area contributed by atoms with E-state index in [9.17, 15) is 5.26 Å². The summed E-state index contributed by atoms with van der Waals surface area (Å²) < 4.78 is 13.1. The van der Waals surface area contributed by atoms with Gasteiger partial charge >= 0.3 is 0 Å². The van der Waals surface area contributed by atoms with E-state index in [0.717, 1.165) is 33.5 Å². The Balaban J connectivity index is 1.90. The van der Waals surface area contributed by atoms with E-state index in [1.165, 1.54) is 0 Å². The highest BCUT2D eigenvalue weighted by atomic mass is 79.9. The van der Waals surface area contributed by atoms with E-state index in [2.05, 4.69) is 42.8 Å². The molecule has 3 rings (SSSR count). The first-order chi connectivity index (χ1) is 11.2. The van der Waals surface area contributed by atoms with Gasteiger partial charge in [-0.3, -0.25) is 0 Å². The van der Waals surface area contributed by atoms with E-state index in [-0.39, 0.29) is 0 Å². The van der Waals surface area contributed by atoms with Crippen LogP contribution in [0, 0.1) is 11.3 Å². The first kappa shape index (κ1) is 16.3. The standard InChI is InChI=1S/C17H14Br2N2O2/c18-14-3-1-2-12(8-14)13(11-20)9-15-10-16(19)17(23-15)21-4-6-22-7-5-21/h1-3,8-10H,4-7H2/b13-9-. The van der Waals surface area contributed by atoms with Gasteiger partial charge in [-0.05, 0) is 39.7 Å². The molecule has 23 heavy (non-hydrogen) atoms. The number of nitrogens with zero attached hydrogens (tertiary/aromatic N) is 2. The minimum absolute atomic E-state index is 0.557. The second kappa shape index (κ2) is 7.35. The molecule has 0 spiro atoms. The monoisotopic (exact) mass is 436 g/mol. The van der Waals surface area contributed by atoms with Gasteiger partial charge in [0.25, 0.3) is 0 Å². The lowest BCUT2D eigenvalue weighted by atomic mass is 10.1. The molecule has 1 aliphatic heterocycles. The van der Waals surface area contributed by atoms with E-state index in [1.54, 1.807) is 6.08 Å². The Bertz CT molecular complexity index is 771. The van der Waals surface area contributed by atoms with Gasteiger partial charge in [0.2, 0.25) is 5.88 Å². The van der Waals surface area contributed by atoms with Gasteiger partial charge in [0.15, 0.2) is 0 Å². The van der Waals surface area contributed by atoms with Crippen LogP contribution in [0.2, 0.25) is 0 Å². The lowest BCUT2D eigenvalue weighted by Gasteiger charge is -2.26. The summed E-state index contributed by atoms with van der Waals surface area (Å²) in [5, 5.41) is 9.44. The molecule has 0 unspecified atom stereocenters. The molecule has 0 radical (unpaired) electrons. The molecule has 118 valence electrons. The number of morpholine rings is 1. The number of rotatable bonds is 3. The van der Waals surface area contributed by atoms with Gasteiger partial charge in [-0.25, -0.2) is 0 Å². The Morgan fingerprint density at radius 1 is 1.22 bits per heavy atom. The van der Waals surface area contributed by atoms with Crippen molar-refractivity contribution in [3.8, 4) is 6.07 Å². The molecule has 0 bridgehead atoms. The van der Waals surface area contributed by atoms with Gasteiger partial charge in [0.05, 0.1) is 29.3 Å². The molecule has 1 aromatic carbocycles. The van der Waals surface area contributed by atoms with Gasteiger partial charge in [-0.2, -0.15) is 5.26 Å². The predicted molar refractivity (Wildman–Crippen MR) is 97.1 cm³/mol. The van der Waals surface area contributed by atoms with Crippen LogP contribution >= 0.6 is 31.9 Å². The van der Waals surface area contributed by atoms with E-state index >= 15 is 0 Å². The number of anilines is 1. The van der Waals surface area contributed by atoms with E-state index in [0.29, 0.717) is 24.5 Å². The van der Waals surface area contributed by atoms with Gasteiger partial charge in [-0.1, -0.05) is 28.1 Å². The van der Waals surface area contributed by atoms with Crippen molar-refractivity contribution in [3.63, 3.8) is 0 Å². The van der Waals surface area contributed by atoms with Crippen LogP contribution in [0.1, 0.15) is 11.3 Å². The minimum Gasteiger partial charge on any atom is -0.440 e. The summed E-state index contributed by atoms with van der Waals surface area (Å²) in [6.07, 6.45) is 1.76. The van der Waals surface area contributed by atoms with Gasteiger partial charge in [-0.15, -0.1) is 0 Å². The molecular weight excluding hydrogens is 424 g/mol. The lowest BCUT2D eigenvalue weighted by molar-refractivity contribution is 0.120. The third-order valence-corrected chi connectivity index (χ3v) is 4.59. The zero-order valence-electron chi connectivity index (χ0n) is 12.3. The van der Waals surface area contributed by atoms with Crippen LogP contribution in [0.4, 0.5) is 5.88 Å². The Morgan fingerprint density at radius 3 is 2.70 bits per heavy atom. The normalized spacial score (nSPS) is 15.5. The predicted octanol–water partition coefficient (Wildman–Crippen LogP) is 4.71. The summed E-state index contributed by atoms with van der Waals surface area (Å²) in [6, 6.07) is 11.8. The molecule has 1 fully saturated rings. The first-order valence-electron chi connectivity index (χ1n) is 7.17. The Morgan fingerprint density at radius 2 is 2.00 bits per heavy atom. The van der Waals surface area contributed by atoms with Crippen molar-refractivity contribution in [2.75, 3.05) is 31.2 Å². The topological polar surface area (TPSA) is 49.4 Å². The van der Waals surface area contributed by atoms with E-state index < -0.39 is 0 Å². The van der Waals surface area contributed by atoms with Crippen molar-refractivity contribution < 1.29 is 9.15 Å². The van der Waals surface area contributed by atoms with Crippen molar-refractivity contribution >= 4 is 49.4 Å². The second-order valence-corrected chi connectivity index (χ2v) is 6.85. The van der Waals surface area contributed by atoms with Gasteiger partial charge in [0.1, 0.15) is 5.76 Å². The van der Waals surface area contributed by atoms with Crippen LogP contribution in [0.25, 0.3) is 11.6 Å². The fourth-order valence-corrected chi connectivity index (χ4v) is 3.36. The van der Waals surface area contributed by atoms with Crippen LogP contribution in [-0.2, 0) is 4.74 Å². The Labute approximate surface area is 151 Å². The van der Waals surface area contributed by atoms with Crippen LogP contribution in [0.3, 0.4) is 0 Å². The first-order valence-corrected chi connectivity index (χ1v) is 8.76. The molecule has 0 amide bonds. The Kier molecular flexibility index (Phi) is 5.21. The van der Waals surface area contributed by atoms with E-state index in [1.807, 2.05) is 30.3 Å². The summed E-state index contributed by atoms with van der Waals surface area (Å²) in [7, 11) is 0. The maximum absolute atomic E-state index is 9.44. The summed E-state index contributed by atoms with van der Waals surface area (Å²) >= 11 is 6.96. The SMILES string of the molecule is N#C/C(=C/c1cc(Br)c(N2CCOCC2)o1)c1cccc(Br)c1. The number of halogens is 2. The summed E-state index contributed by atoms with van der Waals surface area (Å²) in [6.45, 7) is 2.98. The molecule has 1 aliphatic rings. The molecule has 4 nitrogen and oxygen atoms in total. The fourth-order valence-electron chi connectivity index (χ4n) is 2.41. The van der Waals surface area contributed by atoms with Crippen molar-refractivity contribution in [2.24, 2.45) is 0 Å². The maximum Gasteiger partial charge on any atom is 0.210 e. The third kappa shape index (κ3) is 3.86. The molecule has 1 saturated heterocycles. The Hall–Kier alpha value is -1.55. The third-order valence-electron chi connectivity index (χ3n) is 3.53. The van der Waals surface area contributed by atoms with Crippen molar-refractivity contribution in [2.45, 2.75) is 0 Å². The number of hydrogen-bond donors (Lipinski definition) is 0. The van der Waals surface area contributed by atoms with Crippen LogP contribution in [0.15, 0.2) is 43.7 Å². The van der Waals surface area contributed by atoms with Crippen molar-refractivity contribution in [1.82, 2.24) is 0 Å². The molecule has 0 N–H and O–H groups in total. The van der Waals surface area contributed by atoms with Gasteiger partial charge < -0.3 is 14.1 Å². The second-order valence-electron chi connectivity index (χ2n) is 5.08. The maximum atomic E-state index is 9.44. The average molecular weight is 438 g/mol. The molecule has 0 saturated carbocycles. The zero-order valence-corrected chi connectivity index (χ0v) is 15.4. The highest BCUT2D eigenvalue weighted by molar-refractivity contribution is 9.10. The molecule has 0 aliphatic carbocycles. The summed E-state index contributed by atoms with van der Waals surface area (Å²) in [4.78, 5) is 2.13. The average Bonchev–Trinajstić information content (AvgIpc) is 2.94. The summed E-state index contributed by atoms with van der Waals surface area (Å²) in [5.74, 6) is 1.43. The number of furan rings is 1. The molecule has 2 heterocycles. The molecule has 2 aromatic rings. The van der Waals surface area contributed by atoms with Gasteiger partial charge in [0, 0.05) is 23.6 Å². The van der Waals surface area contributed by atoms with Crippen LogP contribution < -0.4 is 4.90 Å². The van der Waals surface area contributed by atoms with Crippen LogP contribution in [-0.4, -0.2) is 26.3 Å². The lowest BCUT2D eigenvalue weighted by Crippen LogP contribution is -2.36. The molecule has 1 aromatic heterocycles. The number of allylic oxidation sites excluding steroid dienone is 1. The van der Waals surface area contributed by atoms with E-state index in [4.69, 9.17) is 9.15 Å². The van der Waals surface area contributed by atoms with Crippen molar-refractivity contribution in [1.29, 1.82) is 5.26 Å². The highest BCUT2D eigenvalue weighted by Gasteiger charge is 2.18. The minimum atomic E-state index is 0.557. The number of benzene rings is 1. The van der Waals surface area contributed by atoms with Crippen molar-refractivity contribution in [3.05, 3.63) is 50.6 Å². The largest absolute Gasteiger partial charge is 0.440 e. The molecular formula is C17H14Br2N2O2. The van der Waals surface area contributed by atoms with Crippen LogP contribution in [0.5, 0.6) is 0 Å². The number of hydrogen-bond acceptors (Lipinski definition) is 4. The number of ether oxygens (including phenoxy) is 1. The number of nitriles is 1. The highest BCUT2D eigenvalue weighted by Crippen LogP contribution is 2.32. The summed E-state index contributed by atoms with van der Waals surface area (Å²) in [5.41, 5.74) is 1.41.